The number of hydrogen-bond donors (Lipinski definition) is 1. The number of urea groups is 1. The van der Waals surface area contributed by atoms with Crippen molar-refractivity contribution in [3.63, 3.8) is 0 Å². The monoisotopic (exact) mass is 476 g/mol. The van der Waals surface area contributed by atoms with Crippen molar-refractivity contribution in [1.29, 1.82) is 0 Å². The Kier molecular flexibility index (Phi) is 6.28. The van der Waals surface area contributed by atoms with Gasteiger partial charge in [0.1, 0.15) is 0 Å². The summed E-state index contributed by atoms with van der Waals surface area (Å²) in [6.45, 7) is 3.59. The van der Waals surface area contributed by atoms with E-state index in [-0.39, 0.29) is 23.0 Å². The molecule has 35 heavy (non-hydrogen) atoms. The van der Waals surface area contributed by atoms with Gasteiger partial charge in [0.15, 0.2) is 0 Å². The number of hydrogen-bond acceptors (Lipinski definition) is 3. The van der Waals surface area contributed by atoms with Gasteiger partial charge >= 0.3 is 6.03 Å². The Morgan fingerprint density at radius 1 is 1.11 bits per heavy atom. The molecule has 2 saturated carbocycles. The van der Waals surface area contributed by atoms with Crippen LogP contribution in [0.25, 0.3) is 0 Å². The predicted octanol–water partition coefficient (Wildman–Crippen LogP) is 4.63. The van der Waals surface area contributed by atoms with Gasteiger partial charge in [-0.05, 0) is 70.5 Å². The highest BCUT2D eigenvalue weighted by Gasteiger charge is 2.56. The average molecular weight is 477 g/mol. The molecule has 1 unspecified atom stereocenters. The fourth-order valence-electron chi connectivity index (χ4n) is 6.96. The molecular formula is C29H40N4O2. The zero-order valence-corrected chi connectivity index (χ0v) is 21.5. The molecular weight excluding hydrogens is 436 g/mol. The first-order valence-corrected chi connectivity index (χ1v) is 13.3. The van der Waals surface area contributed by atoms with Crippen LogP contribution in [0.4, 0.5) is 4.79 Å². The lowest BCUT2D eigenvalue weighted by Crippen LogP contribution is -2.56. The van der Waals surface area contributed by atoms with E-state index in [1.807, 2.05) is 17.1 Å². The van der Waals surface area contributed by atoms with Gasteiger partial charge < -0.3 is 10.6 Å². The van der Waals surface area contributed by atoms with Gasteiger partial charge in [-0.3, -0.25) is 14.6 Å². The number of nitrogens with zero attached hydrogens (tertiary/aromatic N) is 3. The maximum Gasteiger partial charge on any atom is 0.324 e. The van der Waals surface area contributed by atoms with Gasteiger partial charge in [-0.1, -0.05) is 55.8 Å². The lowest BCUT2D eigenvalue weighted by molar-refractivity contribution is -0.114. The van der Waals surface area contributed by atoms with Crippen LogP contribution < -0.4 is 5.73 Å². The Hall–Kier alpha value is -2.60. The summed E-state index contributed by atoms with van der Waals surface area (Å²) < 4.78 is 0. The van der Waals surface area contributed by atoms with Crippen molar-refractivity contribution >= 4 is 11.9 Å². The Balaban J connectivity index is 1.49. The van der Waals surface area contributed by atoms with Crippen molar-refractivity contribution in [3.8, 4) is 0 Å². The second-order valence-electron chi connectivity index (χ2n) is 11.5. The van der Waals surface area contributed by atoms with Gasteiger partial charge in [0.2, 0.25) is 5.91 Å². The van der Waals surface area contributed by atoms with E-state index < -0.39 is 5.91 Å². The third kappa shape index (κ3) is 4.00. The summed E-state index contributed by atoms with van der Waals surface area (Å²) in [7, 11) is 4.37. The summed E-state index contributed by atoms with van der Waals surface area (Å²) in [5.41, 5.74) is 8.24. The third-order valence-electron chi connectivity index (χ3n) is 9.40. The van der Waals surface area contributed by atoms with Gasteiger partial charge in [0.05, 0.1) is 17.7 Å². The SMILES string of the molecule is CC1CC=CC(C(N)=O)=C1N1C[C@]2(CC[C@](c3ccccc3)(N(C)C)CC2)N(CC2CCC2)C1=O. The highest BCUT2D eigenvalue weighted by Crippen LogP contribution is 2.50. The van der Waals surface area contributed by atoms with E-state index in [4.69, 9.17) is 5.73 Å². The van der Waals surface area contributed by atoms with Crippen LogP contribution in [0.15, 0.2) is 53.8 Å². The third-order valence-corrected chi connectivity index (χ3v) is 9.40. The maximum atomic E-state index is 14.1. The summed E-state index contributed by atoms with van der Waals surface area (Å²) in [6, 6.07) is 10.9. The van der Waals surface area contributed by atoms with E-state index in [9.17, 15) is 9.59 Å². The Morgan fingerprint density at radius 2 is 1.80 bits per heavy atom. The maximum absolute atomic E-state index is 14.1. The summed E-state index contributed by atoms with van der Waals surface area (Å²) >= 11 is 0. The van der Waals surface area contributed by atoms with Crippen LogP contribution in [0.3, 0.4) is 0 Å². The Bertz CT molecular complexity index is 1030. The molecule has 1 atom stereocenters. The van der Waals surface area contributed by atoms with Crippen molar-refractivity contribution in [2.45, 2.75) is 69.4 Å². The molecule has 6 heteroatoms. The summed E-state index contributed by atoms with van der Waals surface area (Å²) in [5, 5.41) is 0. The van der Waals surface area contributed by atoms with Crippen LogP contribution in [-0.4, -0.2) is 59.4 Å². The molecule has 4 aliphatic rings. The topological polar surface area (TPSA) is 69.9 Å². The number of rotatable bonds is 6. The van der Waals surface area contributed by atoms with Gasteiger partial charge in [0, 0.05) is 23.7 Å². The first-order valence-electron chi connectivity index (χ1n) is 13.3. The zero-order chi connectivity index (χ0) is 24.8. The van der Waals surface area contributed by atoms with Crippen molar-refractivity contribution in [1.82, 2.24) is 14.7 Å². The minimum Gasteiger partial charge on any atom is -0.366 e. The molecule has 0 bridgehead atoms. The zero-order valence-electron chi connectivity index (χ0n) is 21.5. The first kappa shape index (κ1) is 24.1. The van der Waals surface area contributed by atoms with Gasteiger partial charge in [-0.25, -0.2) is 4.79 Å². The summed E-state index contributed by atoms with van der Waals surface area (Å²) in [5.74, 6) is 0.251. The second-order valence-corrected chi connectivity index (χ2v) is 11.5. The fraction of sp³-hybridized carbons (Fsp3) is 0.586. The van der Waals surface area contributed by atoms with Crippen LogP contribution in [-0.2, 0) is 10.3 Å². The van der Waals surface area contributed by atoms with Gasteiger partial charge in [-0.15, -0.1) is 0 Å². The summed E-state index contributed by atoms with van der Waals surface area (Å²) in [4.78, 5) is 32.9. The molecule has 3 fully saturated rings. The predicted molar refractivity (Wildman–Crippen MR) is 138 cm³/mol. The lowest BCUT2D eigenvalue weighted by atomic mass is 9.68. The summed E-state index contributed by atoms with van der Waals surface area (Å²) in [6.07, 6.45) is 12.2. The van der Waals surface area contributed by atoms with Crippen LogP contribution in [0.5, 0.6) is 0 Å². The smallest absolute Gasteiger partial charge is 0.324 e. The van der Waals surface area contributed by atoms with Crippen molar-refractivity contribution in [3.05, 3.63) is 59.3 Å². The molecule has 0 aromatic heterocycles. The minimum atomic E-state index is -0.443. The molecule has 1 heterocycles. The second kappa shape index (κ2) is 9.12. The largest absolute Gasteiger partial charge is 0.366 e. The number of carbonyl (C=O) groups is 2. The number of amides is 3. The molecule has 1 aromatic rings. The van der Waals surface area contributed by atoms with E-state index in [0.717, 1.165) is 44.3 Å². The number of nitrogens with two attached hydrogens (primary N) is 1. The molecule has 2 N–H and O–H groups in total. The Labute approximate surface area is 209 Å². The molecule has 1 spiro atoms. The van der Waals surface area contributed by atoms with Crippen LogP contribution in [0.2, 0.25) is 0 Å². The fourth-order valence-corrected chi connectivity index (χ4v) is 6.96. The number of benzene rings is 1. The highest BCUT2D eigenvalue weighted by atomic mass is 16.2. The number of carbonyl (C=O) groups excluding carboxylic acids is 2. The molecule has 1 saturated heterocycles. The molecule has 3 aliphatic carbocycles. The van der Waals surface area contributed by atoms with E-state index in [2.05, 4.69) is 61.2 Å². The molecule has 3 amide bonds. The van der Waals surface area contributed by atoms with Crippen LogP contribution in [0, 0.1) is 11.8 Å². The van der Waals surface area contributed by atoms with E-state index in [1.54, 1.807) is 0 Å². The first-order chi connectivity index (χ1) is 16.8. The van der Waals surface area contributed by atoms with Gasteiger partial charge in [0.25, 0.3) is 0 Å². The normalized spacial score (nSPS) is 31.5. The molecule has 1 aromatic carbocycles. The Morgan fingerprint density at radius 3 is 2.37 bits per heavy atom. The van der Waals surface area contributed by atoms with Crippen LogP contribution in [0.1, 0.15) is 63.9 Å². The van der Waals surface area contributed by atoms with Gasteiger partial charge in [-0.2, -0.15) is 0 Å². The standard InChI is InChI=1S/C29H40N4O2/c1-21-9-7-14-24(26(30)34)25(21)32-20-28(33(27(32)35)19-22-10-8-11-22)15-17-29(18-16-28,31(2)3)23-12-5-4-6-13-23/h4-7,12-14,21-22H,8-11,15-20H2,1-3H3,(H2,30,34)/t21?,28-,29+. The van der Waals surface area contributed by atoms with E-state index in [1.165, 1.54) is 24.8 Å². The molecule has 0 radical (unpaired) electrons. The molecule has 5 rings (SSSR count). The molecule has 1 aliphatic heterocycles. The van der Waals surface area contributed by atoms with Crippen molar-refractivity contribution < 1.29 is 9.59 Å². The molecule has 188 valence electrons. The minimum absolute atomic E-state index is 0.0242. The quantitative estimate of drug-likeness (QED) is 0.651. The lowest BCUT2D eigenvalue weighted by Gasteiger charge is -2.51. The average Bonchev–Trinajstić information content (AvgIpc) is 3.07. The van der Waals surface area contributed by atoms with Crippen molar-refractivity contribution in [2.24, 2.45) is 17.6 Å². The molecule has 6 nitrogen and oxygen atoms in total. The number of primary amides is 1. The van der Waals surface area contributed by atoms with E-state index >= 15 is 0 Å². The van der Waals surface area contributed by atoms with E-state index in [0.29, 0.717) is 18.0 Å². The number of allylic oxidation sites excluding steroid dienone is 2. The van der Waals surface area contributed by atoms with Crippen LogP contribution >= 0.6 is 0 Å². The van der Waals surface area contributed by atoms with Crippen molar-refractivity contribution in [2.75, 3.05) is 27.2 Å². The highest BCUT2D eigenvalue weighted by molar-refractivity contribution is 5.97.